The summed E-state index contributed by atoms with van der Waals surface area (Å²) in [4.78, 5) is 19.1. The van der Waals surface area contributed by atoms with Crippen molar-refractivity contribution < 1.29 is 4.79 Å². The second kappa shape index (κ2) is 11.5. The van der Waals surface area contributed by atoms with Crippen LogP contribution in [0.4, 0.5) is 5.69 Å². The molecule has 4 rings (SSSR count). The van der Waals surface area contributed by atoms with Crippen LogP contribution < -0.4 is 10.6 Å². The molecule has 1 aromatic carbocycles. The molecule has 164 valence electrons. The number of rotatable bonds is 4. The number of piperidine rings is 1. The lowest BCUT2D eigenvalue weighted by Gasteiger charge is -2.37. The van der Waals surface area contributed by atoms with Crippen molar-refractivity contribution in [3.63, 3.8) is 0 Å². The Bertz CT molecular complexity index is 780. The summed E-state index contributed by atoms with van der Waals surface area (Å²) >= 11 is 0. The zero-order valence-electron chi connectivity index (χ0n) is 17.3. The normalized spacial score (nSPS) is 17.9. The van der Waals surface area contributed by atoms with E-state index in [0.717, 1.165) is 56.8 Å². The predicted molar refractivity (Wildman–Crippen MR) is 127 cm³/mol. The number of hydrogen-bond donors (Lipinski definition) is 2. The molecule has 1 amide bonds. The monoisotopic (exact) mass is 450 g/mol. The van der Waals surface area contributed by atoms with E-state index in [-0.39, 0.29) is 30.7 Å². The highest BCUT2D eigenvalue weighted by atomic mass is 35.5. The fourth-order valence-electron chi connectivity index (χ4n) is 4.53. The van der Waals surface area contributed by atoms with Gasteiger partial charge >= 0.3 is 0 Å². The number of benzene rings is 1. The lowest BCUT2D eigenvalue weighted by Crippen LogP contribution is -2.38. The van der Waals surface area contributed by atoms with Crippen LogP contribution in [0.5, 0.6) is 0 Å². The molecule has 2 aliphatic rings. The number of aromatic nitrogens is 1. The Hall–Kier alpha value is -1.82. The molecule has 5 nitrogen and oxygen atoms in total. The minimum absolute atomic E-state index is 0. The van der Waals surface area contributed by atoms with Gasteiger partial charge in [0, 0.05) is 43.3 Å². The number of amides is 1. The highest BCUT2D eigenvalue weighted by molar-refractivity contribution is 5.94. The van der Waals surface area contributed by atoms with Crippen LogP contribution in [0.2, 0.25) is 0 Å². The fourth-order valence-corrected chi connectivity index (χ4v) is 4.53. The number of hydrogen-bond acceptors (Lipinski definition) is 4. The number of likely N-dealkylation sites (tertiary alicyclic amines) is 1. The maximum atomic E-state index is 13.0. The van der Waals surface area contributed by atoms with Crippen LogP contribution in [-0.4, -0.2) is 42.0 Å². The van der Waals surface area contributed by atoms with Crippen molar-refractivity contribution in [2.24, 2.45) is 5.41 Å². The fraction of sp³-hybridized carbons (Fsp3) is 0.478. The Morgan fingerprint density at radius 1 is 0.967 bits per heavy atom. The Labute approximate surface area is 191 Å². The van der Waals surface area contributed by atoms with Crippen LogP contribution in [-0.2, 0) is 6.54 Å². The number of carbonyl (C=O) groups excluding carboxylic acids is 1. The summed E-state index contributed by atoms with van der Waals surface area (Å²) < 4.78 is 0. The molecule has 2 fully saturated rings. The maximum Gasteiger partial charge on any atom is 0.253 e. The Morgan fingerprint density at radius 2 is 1.67 bits per heavy atom. The zero-order valence-corrected chi connectivity index (χ0v) is 18.9. The second-order valence-corrected chi connectivity index (χ2v) is 8.18. The lowest BCUT2D eigenvalue weighted by molar-refractivity contribution is 0.0750. The first-order valence-electron chi connectivity index (χ1n) is 10.5. The van der Waals surface area contributed by atoms with Crippen molar-refractivity contribution in [2.75, 3.05) is 31.5 Å². The van der Waals surface area contributed by atoms with Crippen molar-refractivity contribution in [1.82, 2.24) is 15.2 Å². The number of halogens is 2. The van der Waals surface area contributed by atoms with Gasteiger partial charge in [-0.2, -0.15) is 0 Å². The summed E-state index contributed by atoms with van der Waals surface area (Å²) in [6, 6.07) is 11.9. The number of nitrogens with zero attached hydrogens (tertiary/aromatic N) is 2. The van der Waals surface area contributed by atoms with Crippen molar-refractivity contribution in [2.45, 2.75) is 38.6 Å². The van der Waals surface area contributed by atoms with E-state index in [1.807, 2.05) is 36.4 Å². The van der Waals surface area contributed by atoms with E-state index in [0.29, 0.717) is 5.41 Å². The van der Waals surface area contributed by atoms with Gasteiger partial charge < -0.3 is 15.5 Å². The Kier molecular flexibility index (Phi) is 9.40. The van der Waals surface area contributed by atoms with Gasteiger partial charge in [-0.1, -0.05) is 0 Å². The van der Waals surface area contributed by atoms with Gasteiger partial charge in [-0.3, -0.25) is 9.78 Å². The third-order valence-electron chi connectivity index (χ3n) is 6.38. The molecule has 2 aliphatic heterocycles. The van der Waals surface area contributed by atoms with E-state index in [1.165, 1.54) is 24.8 Å². The first kappa shape index (κ1) is 24.4. The topological polar surface area (TPSA) is 57.3 Å². The molecule has 7 heteroatoms. The van der Waals surface area contributed by atoms with Crippen LogP contribution in [0, 0.1) is 5.41 Å². The summed E-state index contributed by atoms with van der Waals surface area (Å²) in [5.74, 6) is 0.173. The second-order valence-electron chi connectivity index (χ2n) is 8.18. The highest BCUT2D eigenvalue weighted by Crippen LogP contribution is 2.39. The molecule has 0 saturated carbocycles. The minimum Gasteiger partial charge on any atom is -0.381 e. The summed E-state index contributed by atoms with van der Waals surface area (Å²) in [7, 11) is 0. The average molecular weight is 451 g/mol. The van der Waals surface area contributed by atoms with Crippen molar-refractivity contribution in [3.8, 4) is 0 Å². The lowest BCUT2D eigenvalue weighted by atomic mass is 9.73. The molecule has 0 atom stereocenters. The molecule has 0 aliphatic carbocycles. The van der Waals surface area contributed by atoms with Gasteiger partial charge in [-0.05, 0) is 92.6 Å². The van der Waals surface area contributed by atoms with E-state index in [9.17, 15) is 4.79 Å². The van der Waals surface area contributed by atoms with E-state index in [1.54, 1.807) is 12.4 Å². The summed E-state index contributed by atoms with van der Waals surface area (Å²) in [5, 5.41) is 6.87. The molecule has 1 spiro atoms. The van der Waals surface area contributed by atoms with Crippen molar-refractivity contribution in [1.29, 1.82) is 0 Å². The molecule has 3 heterocycles. The average Bonchev–Trinajstić information content (AvgIpc) is 2.96. The molecule has 0 unspecified atom stereocenters. The number of carbonyl (C=O) groups is 1. The maximum absolute atomic E-state index is 13.0. The molecular formula is C23H32Cl2N4O. The van der Waals surface area contributed by atoms with E-state index < -0.39 is 0 Å². The highest BCUT2D eigenvalue weighted by Gasteiger charge is 2.34. The summed E-state index contributed by atoms with van der Waals surface area (Å²) in [6.45, 7) is 4.78. The Morgan fingerprint density at radius 3 is 2.37 bits per heavy atom. The van der Waals surface area contributed by atoms with Crippen LogP contribution >= 0.6 is 24.8 Å². The molecule has 0 bridgehead atoms. The molecule has 0 radical (unpaired) electrons. The molecule has 1 aromatic heterocycles. The van der Waals surface area contributed by atoms with Gasteiger partial charge in [-0.15, -0.1) is 24.8 Å². The van der Waals surface area contributed by atoms with Crippen molar-refractivity contribution in [3.05, 3.63) is 59.9 Å². The van der Waals surface area contributed by atoms with Crippen molar-refractivity contribution >= 4 is 36.4 Å². The van der Waals surface area contributed by atoms with Crippen LogP contribution in [0.1, 0.15) is 48.0 Å². The SMILES string of the molecule is Cl.Cl.O=C(c1ccc(NCc2ccncc2)cc1)N1CCCC2(CCNCC2)CC1. The van der Waals surface area contributed by atoms with Gasteiger partial charge in [0.05, 0.1) is 0 Å². The summed E-state index contributed by atoms with van der Waals surface area (Å²) in [6.07, 6.45) is 9.64. The largest absolute Gasteiger partial charge is 0.381 e. The van der Waals surface area contributed by atoms with Gasteiger partial charge in [0.2, 0.25) is 0 Å². The minimum atomic E-state index is 0. The summed E-state index contributed by atoms with van der Waals surface area (Å²) in [5.41, 5.74) is 3.46. The smallest absolute Gasteiger partial charge is 0.253 e. The molecule has 30 heavy (non-hydrogen) atoms. The van der Waals surface area contributed by atoms with Crippen LogP contribution in [0.25, 0.3) is 0 Å². The Balaban J connectivity index is 0.00000160. The molecule has 2 N–H and O–H groups in total. The molecule has 2 saturated heterocycles. The van der Waals surface area contributed by atoms with Crippen LogP contribution in [0.15, 0.2) is 48.8 Å². The van der Waals surface area contributed by atoms with Gasteiger partial charge in [0.25, 0.3) is 5.91 Å². The third-order valence-corrected chi connectivity index (χ3v) is 6.38. The third kappa shape index (κ3) is 6.10. The van der Waals surface area contributed by atoms with E-state index >= 15 is 0 Å². The first-order valence-corrected chi connectivity index (χ1v) is 10.5. The number of nitrogens with one attached hydrogen (secondary N) is 2. The molecule has 2 aromatic rings. The van der Waals surface area contributed by atoms with Crippen LogP contribution in [0.3, 0.4) is 0 Å². The number of anilines is 1. The van der Waals surface area contributed by atoms with Gasteiger partial charge in [-0.25, -0.2) is 0 Å². The van der Waals surface area contributed by atoms with Gasteiger partial charge in [0.15, 0.2) is 0 Å². The zero-order chi connectivity index (χ0) is 19.2. The van der Waals surface area contributed by atoms with E-state index in [2.05, 4.69) is 20.5 Å². The molecular weight excluding hydrogens is 419 g/mol. The van der Waals surface area contributed by atoms with Gasteiger partial charge in [0.1, 0.15) is 0 Å². The first-order chi connectivity index (χ1) is 13.7. The quantitative estimate of drug-likeness (QED) is 0.717. The van der Waals surface area contributed by atoms with E-state index in [4.69, 9.17) is 0 Å². The number of pyridine rings is 1. The standard InChI is InChI=1S/C23H30N4O.2ClH/c28-22(27-16-1-8-23(11-17-27)9-14-25-15-10-23)20-2-4-21(5-3-20)26-18-19-6-12-24-13-7-19;;/h2-7,12-13,25-26H,1,8-11,14-18H2;2*1H. The predicted octanol–water partition coefficient (Wildman–Crippen LogP) is 4.53.